The Bertz CT molecular complexity index is 638. The summed E-state index contributed by atoms with van der Waals surface area (Å²) in [4.78, 5) is 23.6. The van der Waals surface area contributed by atoms with E-state index in [2.05, 4.69) is 9.47 Å². The number of nitriles is 1. The highest BCUT2D eigenvalue weighted by Gasteiger charge is 2.26. The minimum absolute atomic E-state index is 0.181. The van der Waals surface area contributed by atoms with Crippen molar-refractivity contribution in [1.29, 1.82) is 5.26 Å². The lowest BCUT2D eigenvalue weighted by atomic mass is 10.0. The van der Waals surface area contributed by atoms with Crippen molar-refractivity contribution in [3.8, 4) is 17.6 Å². The molecule has 0 aliphatic carbocycles. The molecule has 0 N–H and O–H groups in total. The van der Waals surface area contributed by atoms with Crippen LogP contribution in [0.4, 0.5) is 0 Å². The van der Waals surface area contributed by atoms with Gasteiger partial charge < -0.3 is 18.9 Å². The second-order valence-corrected chi connectivity index (χ2v) is 3.91. The molecule has 1 aromatic carbocycles. The summed E-state index contributed by atoms with van der Waals surface area (Å²) in [6.45, 7) is 0. The van der Waals surface area contributed by atoms with Gasteiger partial charge in [-0.2, -0.15) is 5.26 Å². The van der Waals surface area contributed by atoms with Crippen LogP contribution in [0.15, 0.2) is 23.8 Å². The van der Waals surface area contributed by atoms with Gasteiger partial charge in [0.25, 0.3) is 0 Å². The number of methoxy groups -OCH3 is 4. The number of carbonyl (C=O) groups is 2. The molecule has 0 unspecified atom stereocenters. The first kappa shape index (κ1) is 17.0. The fraction of sp³-hybridized carbons (Fsp3) is 0.267. The molecule has 0 saturated carbocycles. The molecule has 0 amide bonds. The van der Waals surface area contributed by atoms with Crippen LogP contribution in [0.3, 0.4) is 0 Å². The second kappa shape index (κ2) is 7.69. The summed E-state index contributed by atoms with van der Waals surface area (Å²) in [5.41, 5.74) is -0.370. The van der Waals surface area contributed by atoms with E-state index in [0.29, 0.717) is 17.1 Å². The Balaban J connectivity index is 3.58. The van der Waals surface area contributed by atoms with Gasteiger partial charge in [-0.25, -0.2) is 9.59 Å². The van der Waals surface area contributed by atoms with Gasteiger partial charge in [0.1, 0.15) is 6.07 Å². The van der Waals surface area contributed by atoms with Crippen molar-refractivity contribution in [3.05, 3.63) is 29.3 Å². The van der Waals surface area contributed by atoms with Crippen LogP contribution in [0.25, 0.3) is 5.57 Å². The quantitative estimate of drug-likeness (QED) is 0.266. The highest BCUT2D eigenvalue weighted by atomic mass is 16.5. The average molecular weight is 305 g/mol. The molecule has 0 aromatic heterocycles. The van der Waals surface area contributed by atoms with Crippen LogP contribution < -0.4 is 9.47 Å². The molecule has 7 nitrogen and oxygen atoms in total. The molecular weight excluding hydrogens is 290 g/mol. The number of rotatable bonds is 5. The van der Waals surface area contributed by atoms with Crippen molar-refractivity contribution in [2.45, 2.75) is 0 Å². The number of benzene rings is 1. The molecule has 0 radical (unpaired) electrons. The summed E-state index contributed by atoms with van der Waals surface area (Å²) in [7, 11) is 5.11. The summed E-state index contributed by atoms with van der Waals surface area (Å²) in [6.07, 6.45) is 0. The standard InChI is InChI=1S/C15H15NO6/c1-19-11-6-5-9(7-12(11)20-2)10(8-16)13(14(17)21-3)15(18)22-4/h5-7H,1-4H3. The lowest BCUT2D eigenvalue weighted by molar-refractivity contribution is -0.143. The van der Waals surface area contributed by atoms with E-state index in [4.69, 9.17) is 9.47 Å². The zero-order valence-electron chi connectivity index (χ0n) is 12.6. The molecule has 1 aromatic rings. The van der Waals surface area contributed by atoms with Crippen molar-refractivity contribution in [2.24, 2.45) is 0 Å². The highest BCUT2D eigenvalue weighted by Crippen LogP contribution is 2.31. The summed E-state index contributed by atoms with van der Waals surface area (Å²) in [5.74, 6) is -1.13. The zero-order valence-corrected chi connectivity index (χ0v) is 12.6. The molecule has 0 aliphatic heterocycles. The van der Waals surface area contributed by atoms with Crippen molar-refractivity contribution in [2.75, 3.05) is 28.4 Å². The largest absolute Gasteiger partial charge is 0.493 e. The molecule has 0 bridgehead atoms. The first-order chi connectivity index (χ1) is 10.5. The number of hydrogen-bond acceptors (Lipinski definition) is 7. The summed E-state index contributed by atoms with van der Waals surface area (Å²) < 4.78 is 19.3. The van der Waals surface area contributed by atoms with Gasteiger partial charge in [0, 0.05) is 0 Å². The van der Waals surface area contributed by atoms with Gasteiger partial charge in [0.2, 0.25) is 0 Å². The lowest BCUT2D eigenvalue weighted by Gasteiger charge is -2.11. The number of ether oxygens (including phenoxy) is 4. The zero-order chi connectivity index (χ0) is 16.7. The molecule has 0 fully saturated rings. The lowest BCUT2D eigenvalue weighted by Crippen LogP contribution is -2.17. The Hall–Kier alpha value is -3.01. The van der Waals surface area contributed by atoms with Crippen LogP contribution in [0.2, 0.25) is 0 Å². The Kier molecular flexibility index (Phi) is 5.96. The molecule has 22 heavy (non-hydrogen) atoms. The van der Waals surface area contributed by atoms with E-state index in [-0.39, 0.29) is 5.57 Å². The Morgan fingerprint density at radius 2 is 1.50 bits per heavy atom. The second-order valence-electron chi connectivity index (χ2n) is 3.91. The topological polar surface area (TPSA) is 94.9 Å². The molecule has 0 atom stereocenters. The van der Waals surface area contributed by atoms with Gasteiger partial charge in [0.15, 0.2) is 17.1 Å². The molecule has 7 heteroatoms. The normalized spacial score (nSPS) is 9.23. The maximum atomic E-state index is 11.8. The summed E-state index contributed by atoms with van der Waals surface area (Å²) >= 11 is 0. The molecule has 0 heterocycles. The van der Waals surface area contributed by atoms with Crippen molar-refractivity contribution in [3.63, 3.8) is 0 Å². The van der Waals surface area contributed by atoms with Crippen molar-refractivity contribution < 1.29 is 28.5 Å². The van der Waals surface area contributed by atoms with Gasteiger partial charge in [0.05, 0.1) is 34.0 Å². The molecule has 0 spiro atoms. The smallest absolute Gasteiger partial charge is 0.346 e. The number of carbonyl (C=O) groups excluding carboxylic acids is 2. The number of nitrogens with zero attached hydrogens (tertiary/aromatic N) is 1. The van der Waals surface area contributed by atoms with E-state index < -0.39 is 17.5 Å². The van der Waals surface area contributed by atoms with Gasteiger partial charge in [-0.3, -0.25) is 0 Å². The fourth-order valence-electron chi connectivity index (χ4n) is 1.75. The third-order valence-electron chi connectivity index (χ3n) is 2.81. The van der Waals surface area contributed by atoms with E-state index in [0.717, 1.165) is 14.2 Å². The maximum absolute atomic E-state index is 11.8. The Morgan fingerprint density at radius 3 is 1.91 bits per heavy atom. The van der Waals surface area contributed by atoms with Crippen LogP contribution in [0.1, 0.15) is 5.56 Å². The van der Waals surface area contributed by atoms with Crippen LogP contribution in [-0.2, 0) is 19.1 Å². The van der Waals surface area contributed by atoms with E-state index in [9.17, 15) is 14.9 Å². The first-order valence-electron chi connectivity index (χ1n) is 6.07. The SMILES string of the molecule is COC(=O)C(C(=O)OC)=C(C#N)c1ccc(OC)c(OC)c1. The van der Waals surface area contributed by atoms with Crippen LogP contribution in [0, 0.1) is 11.3 Å². The molecule has 0 aliphatic rings. The van der Waals surface area contributed by atoms with Crippen molar-refractivity contribution in [1.82, 2.24) is 0 Å². The number of allylic oxidation sites excluding steroid dienone is 1. The highest BCUT2D eigenvalue weighted by molar-refractivity contribution is 6.21. The predicted molar refractivity (Wildman–Crippen MR) is 76.1 cm³/mol. The van der Waals surface area contributed by atoms with Gasteiger partial charge in [-0.15, -0.1) is 0 Å². The van der Waals surface area contributed by atoms with Crippen molar-refractivity contribution >= 4 is 17.5 Å². The summed E-state index contributed by atoms with van der Waals surface area (Å²) in [6, 6.07) is 6.37. The van der Waals surface area contributed by atoms with Gasteiger partial charge >= 0.3 is 11.9 Å². The first-order valence-corrected chi connectivity index (χ1v) is 6.07. The van der Waals surface area contributed by atoms with E-state index in [1.807, 2.05) is 6.07 Å². The third kappa shape index (κ3) is 3.35. The van der Waals surface area contributed by atoms with Gasteiger partial charge in [-0.05, 0) is 23.8 Å². The number of hydrogen-bond donors (Lipinski definition) is 0. The van der Waals surface area contributed by atoms with Gasteiger partial charge in [-0.1, -0.05) is 0 Å². The van der Waals surface area contributed by atoms with E-state index in [1.54, 1.807) is 6.07 Å². The van der Waals surface area contributed by atoms with E-state index >= 15 is 0 Å². The van der Waals surface area contributed by atoms with Crippen LogP contribution in [-0.4, -0.2) is 40.4 Å². The molecular formula is C15H15NO6. The van der Waals surface area contributed by atoms with Crippen LogP contribution in [0.5, 0.6) is 11.5 Å². The monoisotopic (exact) mass is 305 g/mol. The van der Waals surface area contributed by atoms with E-state index in [1.165, 1.54) is 26.4 Å². The third-order valence-corrected chi connectivity index (χ3v) is 2.81. The number of esters is 2. The molecule has 1 rings (SSSR count). The van der Waals surface area contributed by atoms with Crippen LogP contribution >= 0.6 is 0 Å². The maximum Gasteiger partial charge on any atom is 0.346 e. The Labute approximate surface area is 127 Å². The Morgan fingerprint density at radius 1 is 0.955 bits per heavy atom. The summed E-state index contributed by atoms with van der Waals surface area (Å²) in [5, 5.41) is 9.33. The minimum atomic E-state index is -0.960. The predicted octanol–water partition coefficient (Wildman–Crippen LogP) is 1.33. The fourth-order valence-corrected chi connectivity index (χ4v) is 1.75. The molecule has 116 valence electrons. The average Bonchev–Trinajstić information content (AvgIpc) is 2.57. The molecule has 0 saturated heterocycles. The minimum Gasteiger partial charge on any atom is -0.493 e.